The van der Waals surface area contributed by atoms with Gasteiger partial charge in [-0.05, 0) is 19.1 Å². The number of anilines is 2. The van der Waals surface area contributed by atoms with Gasteiger partial charge >= 0.3 is 0 Å². The zero-order valence-corrected chi connectivity index (χ0v) is 13.8. The summed E-state index contributed by atoms with van der Waals surface area (Å²) in [6.07, 6.45) is 7.48. The average Bonchev–Trinajstić information content (AvgIpc) is 3.28. The molecule has 4 aromatic rings. The molecular formula is C16H17N9. The standard InChI is InChI=1S/C16H17N9/c1-12-19-20-13-2-3-14(21-25(12)13)22-8-10-24(11-9-22)16-15-17-4-6-23(15)7-5-18-16/h2-7H,8-11H2,1H3. The molecule has 9 heteroatoms. The van der Waals surface area contributed by atoms with E-state index in [0.29, 0.717) is 0 Å². The summed E-state index contributed by atoms with van der Waals surface area (Å²) in [4.78, 5) is 13.5. The first-order valence-corrected chi connectivity index (χ1v) is 8.26. The third-order valence-electron chi connectivity index (χ3n) is 4.60. The Balaban J connectivity index is 1.38. The predicted octanol–water partition coefficient (Wildman–Crippen LogP) is 0.802. The second-order valence-electron chi connectivity index (χ2n) is 6.09. The maximum absolute atomic E-state index is 4.66. The van der Waals surface area contributed by atoms with E-state index < -0.39 is 0 Å². The van der Waals surface area contributed by atoms with Gasteiger partial charge in [0.05, 0.1) is 0 Å². The van der Waals surface area contributed by atoms with Crippen molar-refractivity contribution in [1.29, 1.82) is 0 Å². The fourth-order valence-corrected chi connectivity index (χ4v) is 3.27. The Bertz CT molecular complexity index is 1040. The third kappa shape index (κ3) is 2.27. The predicted molar refractivity (Wildman–Crippen MR) is 92.9 cm³/mol. The molecule has 0 aliphatic carbocycles. The van der Waals surface area contributed by atoms with Gasteiger partial charge in [0.15, 0.2) is 22.9 Å². The molecule has 5 heterocycles. The lowest BCUT2D eigenvalue weighted by Crippen LogP contribution is -2.47. The molecule has 9 nitrogen and oxygen atoms in total. The van der Waals surface area contributed by atoms with Gasteiger partial charge in [-0.2, -0.15) is 4.52 Å². The molecule has 0 saturated carbocycles. The van der Waals surface area contributed by atoms with Crippen LogP contribution in [0.2, 0.25) is 0 Å². The highest BCUT2D eigenvalue weighted by Crippen LogP contribution is 2.21. The van der Waals surface area contributed by atoms with Crippen LogP contribution >= 0.6 is 0 Å². The molecule has 0 amide bonds. The van der Waals surface area contributed by atoms with E-state index >= 15 is 0 Å². The molecule has 1 saturated heterocycles. The molecule has 0 atom stereocenters. The highest BCUT2D eigenvalue weighted by molar-refractivity contribution is 5.64. The van der Waals surface area contributed by atoms with Gasteiger partial charge in [-0.1, -0.05) is 0 Å². The van der Waals surface area contributed by atoms with Crippen molar-refractivity contribution in [1.82, 2.24) is 34.2 Å². The molecule has 1 fully saturated rings. The van der Waals surface area contributed by atoms with Crippen molar-refractivity contribution in [3.8, 4) is 0 Å². The summed E-state index contributed by atoms with van der Waals surface area (Å²) in [5.41, 5.74) is 1.67. The zero-order chi connectivity index (χ0) is 16.8. The van der Waals surface area contributed by atoms with Gasteiger partial charge in [0.2, 0.25) is 0 Å². The Labute approximate surface area is 143 Å². The molecule has 4 aromatic heterocycles. The molecule has 0 bridgehead atoms. The van der Waals surface area contributed by atoms with Crippen molar-refractivity contribution in [2.75, 3.05) is 36.0 Å². The molecule has 126 valence electrons. The minimum absolute atomic E-state index is 0.773. The molecule has 25 heavy (non-hydrogen) atoms. The second kappa shape index (κ2) is 5.40. The Morgan fingerprint density at radius 1 is 0.880 bits per heavy atom. The smallest absolute Gasteiger partial charge is 0.180 e. The van der Waals surface area contributed by atoms with Crippen LogP contribution in [0.5, 0.6) is 0 Å². The van der Waals surface area contributed by atoms with E-state index in [2.05, 4.69) is 35.1 Å². The quantitative estimate of drug-likeness (QED) is 0.536. The van der Waals surface area contributed by atoms with Crippen molar-refractivity contribution >= 4 is 22.9 Å². The van der Waals surface area contributed by atoms with Crippen molar-refractivity contribution in [3.63, 3.8) is 0 Å². The first-order valence-electron chi connectivity index (χ1n) is 8.26. The van der Waals surface area contributed by atoms with Crippen LogP contribution in [0.1, 0.15) is 5.82 Å². The Kier molecular flexibility index (Phi) is 3.06. The van der Waals surface area contributed by atoms with Crippen molar-refractivity contribution < 1.29 is 0 Å². The highest BCUT2D eigenvalue weighted by Gasteiger charge is 2.21. The van der Waals surface area contributed by atoms with Crippen molar-refractivity contribution in [2.24, 2.45) is 0 Å². The fourth-order valence-electron chi connectivity index (χ4n) is 3.27. The summed E-state index contributed by atoms with van der Waals surface area (Å²) in [6.45, 7) is 5.42. The molecular weight excluding hydrogens is 318 g/mol. The van der Waals surface area contributed by atoms with Gasteiger partial charge in [-0.3, -0.25) is 0 Å². The molecule has 0 unspecified atom stereocenters. The fraction of sp³-hybridized carbons (Fsp3) is 0.312. The summed E-state index contributed by atoms with van der Waals surface area (Å²) in [6, 6.07) is 3.97. The molecule has 1 aliphatic heterocycles. The molecule has 5 rings (SSSR count). The van der Waals surface area contributed by atoms with Crippen LogP contribution in [0.15, 0.2) is 36.9 Å². The monoisotopic (exact) mass is 335 g/mol. The van der Waals surface area contributed by atoms with E-state index in [4.69, 9.17) is 0 Å². The lowest BCUT2D eigenvalue weighted by molar-refractivity contribution is 0.635. The van der Waals surface area contributed by atoms with E-state index in [1.54, 1.807) is 10.7 Å². The Hall–Kier alpha value is -3.23. The summed E-state index contributed by atoms with van der Waals surface area (Å²) < 4.78 is 3.79. The molecule has 0 N–H and O–H groups in total. The van der Waals surface area contributed by atoms with Crippen molar-refractivity contribution in [2.45, 2.75) is 6.92 Å². The van der Waals surface area contributed by atoms with E-state index in [0.717, 1.165) is 54.9 Å². The van der Waals surface area contributed by atoms with Crippen LogP contribution in [0.25, 0.3) is 11.3 Å². The van der Waals surface area contributed by atoms with Crippen LogP contribution in [0.4, 0.5) is 11.6 Å². The van der Waals surface area contributed by atoms with Crippen LogP contribution in [0.3, 0.4) is 0 Å². The van der Waals surface area contributed by atoms with Crippen LogP contribution < -0.4 is 9.80 Å². The average molecular weight is 335 g/mol. The Morgan fingerprint density at radius 2 is 1.64 bits per heavy atom. The van der Waals surface area contributed by atoms with Gasteiger partial charge in [-0.15, -0.1) is 15.3 Å². The lowest BCUT2D eigenvalue weighted by Gasteiger charge is -2.35. The number of aryl methyl sites for hydroxylation is 1. The van der Waals surface area contributed by atoms with Gasteiger partial charge < -0.3 is 14.2 Å². The summed E-state index contributed by atoms with van der Waals surface area (Å²) in [5.74, 6) is 2.68. The van der Waals surface area contributed by atoms with Crippen LogP contribution in [0, 0.1) is 6.92 Å². The minimum Gasteiger partial charge on any atom is -0.352 e. The van der Waals surface area contributed by atoms with E-state index in [1.807, 2.05) is 42.0 Å². The van der Waals surface area contributed by atoms with E-state index in [1.165, 1.54) is 0 Å². The minimum atomic E-state index is 0.773. The first kappa shape index (κ1) is 14.1. The van der Waals surface area contributed by atoms with Crippen LogP contribution in [-0.2, 0) is 0 Å². The van der Waals surface area contributed by atoms with Gasteiger partial charge in [0.1, 0.15) is 5.82 Å². The number of fused-ring (bicyclic) bond motifs is 2. The number of hydrogen-bond donors (Lipinski definition) is 0. The maximum atomic E-state index is 4.66. The molecule has 0 aromatic carbocycles. The maximum Gasteiger partial charge on any atom is 0.180 e. The summed E-state index contributed by atoms with van der Waals surface area (Å²) in [7, 11) is 0. The number of nitrogens with zero attached hydrogens (tertiary/aromatic N) is 9. The van der Waals surface area contributed by atoms with Crippen molar-refractivity contribution in [3.05, 3.63) is 42.7 Å². The summed E-state index contributed by atoms with van der Waals surface area (Å²) in [5, 5.41) is 12.8. The zero-order valence-electron chi connectivity index (χ0n) is 13.8. The van der Waals surface area contributed by atoms with Gasteiger partial charge in [0, 0.05) is 51.0 Å². The largest absolute Gasteiger partial charge is 0.352 e. The number of imidazole rings is 1. The number of hydrogen-bond acceptors (Lipinski definition) is 7. The number of piperazine rings is 1. The SMILES string of the molecule is Cc1nnc2ccc(N3CCN(c4nccn5ccnc45)CC3)nn12. The topological polar surface area (TPSA) is 79.8 Å². The van der Waals surface area contributed by atoms with Crippen LogP contribution in [-0.4, -0.2) is 60.4 Å². The lowest BCUT2D eigenvalue weighted by atomic mass is 10.3. The van der Waals surface area contributed by atoms with Gasteiger partial charge in [-0.25, -0.2) is 9.97 Å². The molecule has 1 aliphatic rings. The molecule has 0 radical (unpaired) electrons. The first-order chi connectivity index (χ1) is 12.3. The third-order valence-corrected chi connectivity index (χ3v) is 4.60. The number of rotatable bonds is 2. The van der Waals surface area contributed by atoms with E-state index in [9.17, 15) is 0 Å². The molecule has 0 spiro atoms. The summed E-state index contributed by atoms with van der Waals surface area (Å²) >= 11 is 0. The number of aromatic nitrogens is 7. The second-order valence-corrected chi connectivity index (χ2v) is 6.09. The normalized spacial score (nSPS) is 15.4. The van der Waals surface area contributed by atoms with E-state index in [-0.39, 0.29) is 0 Å². The van der Waals surface area contributed by atoms with Gasteiger partial charge in [0.25, 0.3) is 0 Å². The Morgan fingerprint density at radius 3 is 2.48 bits per heavy atom. The highest BCUT2D eigenvalue weighted by atomic mass is 15.4.